The Morgan fingerprint density at radius 2 is 1.64 bits per heavy atom. The zero-order valence-electron chi connectivity index (χ0n) is 37.6. The van der Waals surface area contributed by atoms with Gasteiger partial charge in [-0.1, -0.05) is 84.7 Å². The summed E-state index contributed by atoms with van der Waals surface area (Å²) in [6.07, 6.45) is 10.9. The fourth-order valence-corrected chi connectivity index (χ4v) is 11.2. The highest BCUT2D eigenvalue weighted by Gasteiger charge is 2.66. The fraction of sp³-hybridized carbons (Fsp3) is 0.444. The van der Waals surface area contributed by atoms with Crippen molar-refractivity contribution < 1.29 is 43.5 Å². The lowest BCUT2D eigenvalue weighted by molar-refractivity contribution is -0.258. The van der Waals surface area contributed by atoms with Crippen LogP contribution in [0.4, 0.5) is 0 Å². The van der Waals surface area contributed by atoms with Crippen molar-refractivity contribution in [2.75, 3.05) is 39.0 Å². The SMILES string of the molecule is C=CCOC12Oc3ccc(OCCSc4ccccc4)cc3C3C(CCCCO)C(CCCCO)C=C(C(=NOCc4ccccc4)CC1N(Cc1ccc4c(c1)OCO4)C(=O)C1CC1)C32. The van der Waals surface area contributed by atoms with Crippen molar-refractivity contribution in [2.45, 2.75) is 93.6 Å². The summed E-state index contributed by atoms with van der Waals surface area (Å²) < 4.78 is 32.8. The molecule has 66 heavy (non-hydrogen) atoms. The normalized spacial score (nSPS) is 24.1. The maximum atomic E-state index is 15.0. The van der Waals surface area contributed by atoms with E-state index in [1.165, 1.54) is 4.90 Å². The van der Waals surface area contributed by atoms with E-state index in [1.807, 2.05) is 83.8 Å². The molecule has 2 heterocycles. The summed E-state index contributed by atoms with van der Waals surface area (Å²) in [4.78, 5) is 24.5. The van der Waals surface area contributed by atoms with Gasteiger partial charge in [0.15, 0.2) is 11.5 Å². The number of aliphatic hydroxyl groups is 2. The van der Waals surface area contributed by atoms with Gasteiger partial charge in [-0.05, 0) is 110 Å². The van der Waals surface area contributed by atoms with Crippen LogP contribution in [-0.2, 0) is 27.5 Å². The summed E-state index contributed by atoms with van der Waals surface area (Å²) in [5.41, 5.74) is 4.69. The Balaban J connectivity index is 1.18. The molecule has 0 radical (unpaired) electrons. The number of aliphatic hydroxyl groups excluding tert-OH is 2. The van der Waals surface area contributed by atoms with Crippen LogP contribution < -0.4 is 18.9 Å². The zero-order valence-corrected chi connectivity index (χ0v) is 38.5. The number of thioether (sulfide) groups is 1. The van der Waals surface area contributed by atoms with Gasteiger partial charge in [0, 0.05) is 54.2 Å². The lowest BCUT2D eigenvalue weighted by Crippen LogP contribution is -2.70. The van der Waals surface area contributed by atoms with Crippen LogP contribution in [0.1, 0.15) is 80.4 Å². The van der Waals surface area contributed by atoms with E-state index in [9.17, 15) is 10.2 Å². The Labute approximate surface area is 392 Å². The molecule has 3 aliphatic carbocycles. The molecule has 2 aliphatic heterocycles. The fourth-order valence-electron chi connectivity index (χ4n) is 10.5. The predicted molar refractivity (Wildman–Crippen MR) is 255 cm³/mol. The summed E-state index contributed by atoms with van der Waals surface area (Å²) in [7, 11) is 0. The van der Waals surface area contributed by atoms with Gasteiger partial charge in [-0.2, -0.15) is 0 Å². The molecule has 5 aliphatic rings. The van der Waals surface area contributed by atoms with Crippen molar-refractivity contribution in [3.8, 4) is 23.0 Å². The van der Waals surface area contributed by atoms with Gasteiger partial charge in [0.05, 0.1) is 24.8 Å². The molecule has 348 valence electrons. The number of hydrogen-bond acceptors (Lipinski definition) is 11. The highest BCUT2D eigenvalue weighted by molar-refractivity contribution is 7.99. The number of unbranched alkanes of at least 4 members (excludes halogenated alkanes) is 2. The van der Waals surface area contributed by atoms with E-state index >= 15 is 4.79 Å². The second kappa shape index (κ2) is 21.6. The molecule has 4 aromatic carbocycles. The number of carbonyl (C=O) groups is 1. The zero-order chi connectivity index (χ0) is 45.3. The standard InChI is InChI=1S/C54H62N2O9S/c1-2-27-63-54-50(56(53(59)39-20-21-39)34-38-19-23-48-49(30-38)62-36-61-48)33-46(55-64-35-37-13-5-3-6-14-37)44-31-40(15-9-11-25-57)43(18-10-12-26-58)51(52(44)54)45-32-41(22-24-47(45)65-54)60-28-29-66-42-16-7-4-8-17-42/h2-8,13-14,16-17,19,22-24,30-32,39-40,43,50-52,57-58H,1,9-12,15,18,20-21,25-29,33-36H2. The molecule has 2 saturated carbocycles. The van der Waals surface area contributed by atoms with E-state index in [4.69, 9.17) is 33.7 Å². The third kappa shape index (κ3) is 10.2. The first-order valence-electron chi connectivity index (χ1n) is 23.7. The minimum atomic E-state index is -1.36. The predicted octanol–water partition coefficient (Wildman–Crippen LogP) is 9.86. The van der Waals surface area contributed by atoms with Crippen LogP contribution in [0, 0.1) is 23.7 Å². The summed E-state index contributed by atoms with van der Waals surface area (Å²) in [5.74, 6) is 1.76. The van der Waals surface area contributed by atoms with Crippen LogP contribution in [-0.4, -0.2) is 77.5 Å². The summed E-state index contributed by atoms with van der Waals surface area (Å²) in [6, 6.07) is 31.7. The van der Waals surface area contributed by atoms with Crippen molar-refractivity contribution in [1.29, 1.82) is 0 Å². The number of benzene rings is 4. The Kier molecular flexibility index (Phi) is 15.0. The van der Waals surface area contributed by atoms with Crippen LogP contribution in [0.5, 0.6) is 23.0 Å². The molecule has 9 rings (SSSR count). The van der Waals surface area contributed by atoms with E-state index in [0.717, 1.165) is 78.0 Å². The number of amides is 1. The molecular formula is C54H62N2O9S. The highest BCUT2D eigenvalue weighted by atomic mass is 32.2. The van der Waals surface area contributed by atoms with Crippen LogP contribution in [0.15, 0.2) is 131 Å². The van der Waals surface area contributed by atoms with Gasteiger partial charge in [-0.3, -0.25) is 4.79 Å². The number of carbonyl (C=O) groups excluding carboxylic acids is 1. The van der Waals surface area contributed by atoms with Gasteiger partial charge in [0.2, 0.25) is 18.5 Å². The molecule has 11 nitrogen and oxygen atoms in total. The van der Waals surface area contributed by atoms with Gasteiger partial charge in [-0.25, -0.2) is 0 Å². The molecule has 6 atom stereocenters. The number of hydrogen-bond donors (Lipinski definition) is 2. The third-order valence-corrected chi connectivity index (χ3v) is 14.6. The van der Waals surface area contributed by atoms with Crippen molar-refractivity contribution in [1.82, 2.24) is 4.90 Å². The van der Waals surface area contributed by atoms with E-state index < -0.39 is 17.7 Å². The number of rotatable bonds is 23. The number of nitrogens with zero attached hydrogens (tertiary/aromatic N) is 2. The van der Waals surface area contributed by atoms with Crippen molar-refractivity contribution >= 4 is 23.4 Å². The lowest BCUT2D eigenvalue weighted by atomic mass is 9.55. The number of allylic oxidation sites excluding steroid dienone is 1. The molecule has 0 saturated heterocycles. The molecule has 2 fully saturated rings. The van der Waals surface area contributed by atoms with Crippen molar-refractivity contribution in [3.05, 3.63) is 138 Å². The topological polar surface area (TPSA) is 129 Å². The lowest BCUT2D eigenvalue weighted by Gasteiger charge is -2.60. The van der Waals surface area contributed by atoms with Gasteiger partial charge in [0.1, 0.15) is 24.1 Å². The second-order valence-corrected chi connectivity index (χ2v) is 19.1. The quantitative estimate of drug-likeness (QED) is 0.0321. The molecule has 1 amide bonds. The average Bonchev–Trinajstić information content (AvgIpc) is 4.10. The minimum absolute atomic E-state index is 0.0523. The molecule has 12 heteroatoms. The molecule has 0 spiro atoms. The molecule has 0 bridgehead atoms. The molecule has 2 N–H and O–H groups in total. The monoisotopic (exact) mass is 914 g/mol. The summed E-state index contributed by atoms with van der Waals surface area (Å²) >= 11 is 1.76. The van der Waals surface area contributed by atoms with Crippen molar-refractivity contribution in [2.24, 2.45) is 28.8 Å². The van der Waals surface area contributed by atoms with Gasteiger partial charge >= 0.3 is 0 Å². The minimum Gasteiger partial charge on any atom is -0.493 e. The van der Waals surface area contributed by atoms with Gasteiger partial charge in [0.25, 0.3) is 0 Å². The maximum Gasteiger partial charge on any atom is 0.239 e. The van der Waals surface area contributed by atoms with E-state index in [-0.39, 0.29) is 69.3 Å². The Bertz CT molecular complexity index is 2340. The third-order valence-electron chi connectivity index (χ3n) is 13.6. The smallest absolute Gasteiger partial charge is 0.239 e. The van der Waals surface area contributed by atoms with E-state index in [2.05, 4.69) is 30.9 Å². The first-order chi connectivity index (χ1) is 32.5. The Morgan fingerprint density at radius 3 is 2.41 bits per heavy atom. The van der Waals surface area contributed by atoms with E-state index in [0.29, 0.717) is 43.1 Å². The summed E-state index contributed by atoms with van der Waals surface area (Å²) in [6.45, 7) is 5.76. The van der Waals surface area contributed by atoms with Crippen LogP contribution >= 0.6 is 11.8 Å². The number of ether oxygens (including phenoxy) is 5. The summed E-state index contributed by atoms with van der Waals surface area (Å²) in [5, 5.41) is 25.1. The first kappa shape index (κ1) is 45.9. The number of oxime groups is 1. The van der Waals surface area contributed by atoms with Crippen LogP contribution in [0.2, 0.25) is 0 Å². The van der Waals surface area contributed by atoms with Crippen molar-refractivity contribution in [3.63, 3.8) is 0 Å². The molecule has 6 unspecified atom stereocenters. The van der Waals surface area contributed by atoms with Gasteiger partial charge in [-0.15, -0.1) is 18.3 Å². The van der Waals surface area contributed by atoms with E-state index in [1.54, 1.807) is 17.8 Å². The average molecular weight is 915 g/mol. The largest absolute Gasteiger partial charge is 0.493 e. The highest BCUT2D eigenvalue weighted by Crippen LogP contribution is 2.62. The van der Waals surface area contributed by atoms with Crippen LogP contribution in [0.3, 0.4) is 0 Å². The molecule has 4 aromatic rings. The molecule has 0 aromatic heterocycles. The van der Waals surface area contributed by atoms with Gasteiger partial charge < -0.3 is 43.6 Å². The Hall–Kier alpha value is -5.27. The number of fused-ring (bicyclic) bond motifs is 3. The molecular weight excluding hydrogens is 853 g/mol. The van der Waals surface area contributed by atoms with Crippen LogP contribution in [0.25, 0.3) is 0 Å². The second-order valence-electron chi connectivity index (χ2n) is 18.0. The first-order valence-corrected chi connectivity index (χ1v) is 24.7. The Morgan fingerprint density at radius 1 is 0.879 bits per heavy atom. The maximum absolute atomic E-state index is 15.0.